The first kappa shape index (κ1) is 72.7. The van der Waals surface area contributed by atoms with Gasteiger partial charge in [0.2, 0.25) is 23.1 Å². The van der Waals surface area contributed by atoms with Gasteiger partial charge >= 0.3 is 25.6 Å². The summed E-state index contributed by atoms with van der Waals surface area (Å²) < 4.78 is 45.8. The van der Waals surface area contributed by atoms with E-state index in [2.05, 4.69) is 43.9 Å². The van der Waals surface area contributed by atoms with Crippen molar-refractivity contribution >= 4 is 124 Å². The Kier molecular flexibility index (Phi) is 29.9. The summed E-state index contributed by atoms with van der Waals surface area (Å²) in [5.74, 6) is -1.24. The summed E-state index contributed by atoms with van der Waals surface area (Å²) in [5.41, 5.74) is 4.14. The number of cyclic esters (lactones) is 1. The Hall–Kier alpha value is -5.59. The summed E-state index contributed by atoms with van der Waals surface area (Å²) in [6.07, 6.45) is 3.28. The molecule has 2 fully saturated rings. The van der Waals surface area contributed by atoms with E-state index in [1.807, 2.05) is 84.9 Å². The number of aryl methyl sites for hydroxylation is 2. The minimum atomic E-state index is -4.10. The van der Waals surface area contributed by atoms with Gasteiger partial charge in [-0.3, -0.25) is 29.1 Å². The number of nitrogens with one attached hydrogen (secondary N) is 3. The molecule has 0 bridgehead atoms. The Morgan fingerprint density at radius 1 is 0.976 bits per heavy atom. The van der Waals surface area contributed by atoms with E-state index in [0.717, 1.165) is 67.2 Å². The number of carboxylic acids is 1. The average molecular weight is 1300 g/mol. The number of carbonyl (C=O) groups excluding carboxylic acids is 4. The minimum Gasteiger partial charge on any atom is -0.489 e. The topological polar surface area (TPSA) is 285 Å². The predicted octanol–water partition coefficient (Wildman–Crippen LogP) is 11.3. The second-order valence-electron chi connectivity index (χ2n) is 20.2. The number of hydrogen-bond donors (Lipinski definition) is 6. The number of nitrogens with zero attached hydrogens (tertiary/aromatic N) is 6. The predicted molar refractivity (Wildman–Crippen MR) is 326 cm³/mol. The minimum absolute atomic E-state index is 0.00962. The van der Waals surface area contributed by atoms with Crippen molar-refractivity contribution in [2.75, 3.05) is 70.9 Å². The second kappa shape index (κ2) is 34.5. The van der Waals surface area contributed by atoms with Crippen LogP contribution < -0.4 is 40.1 Å². The molecule has 1 aromatic heterocycles. The number of amides is 4. The quantitative estimate of drug-likeness (QED) is 0.0325. The van der Waals surface area contributed by atoms with Gasteiger partial charge in [0.15, 0.2) is 10.6 Å². The van der Waals surface area contributed by atoms with Crippen LogP contribution in [0.2, 0.25) is 10.3 Å². The van der Waals surface area contributed by atoms with E-state index in [1.165, 1.54) is 6.07 Å². The third-order valence-electron chi connectivity index (χ3n) is 11.7. The zero-order valence-corrected chi connectivity index (χ0v) is 53.3. The van der Waals surface area contributed by atoms with Gasteiger partial charge in [0, 0.05) is 25.3 Å². The van der Waals surface area contributed by atoms with Gasteiger partial charge in [-0.15, -0.1) is 11.6 Å². The lowest BCUT2D eigenvalue weighted by Gasteiger charge is -2.35. The van der Waals surface area contributed by atoms with Crippen LogP contribution >= 0.6 is 65.6 Å². The standard InChI is InChI=1S/C17H17ClFNO4.C15H22ClNO2.C11H11Cl2NO2.C9H16ClN5.C3H8NO5P/c1-9(2)15-16(21)20(17(22)24-15)13-8-14(11(18)7-12(13)19)23-10-5-3-4-6-10;1-5-13-8-6-7-11(2)15(13)17(14(18)9-16)12(3)10-19-4;1-7-6-16-9-5-3-2-4-8(9)14(7)11(15)10(12)13;1-5-11-7-12-6(10)13-8(14-7)15-9(2,3)4;5-3(6)1-4-2-10(7,8)9/h7-8,10H,3-6H2,1-2H3;6-8,12H,5,9-10H2,1-4H3;2-5,7,10H,6H2,1H3;5H2,1-4H3,(H2,11,12,13,14,15);4H,1-2H2,(H,5,6)(H2,7,8,9). The number of carbonyl (C=O) groups is 5. The summed E-state index contributed by atoms with van der Waals surface area (Å²) in [7, 11) is -2.46. The maximum absolute atomic E-state index is 14.3. The molecule has 4 amide bonds. The van der Waals surface area contributed by atoms with E-state index in [0.29, 0.717) is 41.3 Å². The Morgan fingerprint density at radius 2 is 1.62 bits per heavy atom. The van der Waals surface area contributed by atoms with Crippen LogP contribution in [0.15, 0.2) is 65.9 Å². The summed E-state index contributed by atoms with van der Waals surface area (Å²) in [6, 6.07) is 15.6. The SMILES string of the molecule is CC(C)=C1OC(=O)N(c2cc(OC3CCCC3)c(Cl)cc2F)C1=O.CC1COc2ccccc2N1C(=O)C(Cl)Cl.CCNc1nc(Cl)nc(NC(C)(C)C)n1.CCc1cccc(C)c1N(C(=O)CCl)C(C)COC.O=C(O)CNCP(=O)(O)O. The number of ether oxygens (including phenoxy) is 4. The number of imide groups is 1. The number of anilines is 5. The van der Waals surface area contributed by atoms with E-state index in [9.17, 15) is 32.9 Å². The first-order chi connectivity index (χ1) is 39.4. The first-order valence-electron chi connectivity index (χ1n) is 26.5. The molecule has 2 aliphatic heterocycles. The number of halogens is 6. The van der Waals surface area contributed by atoms with Crippen molar-refractivity contribution in [3.05, 3.63) is 93.2 Å². The normalized spacial score (nSPS) is 15.0. The van der Waals surface area contributed by atoms with Crippen LogP contribution in [0.1, 0.15) is 99.1 Å². The number of carboxylic acid groups (broad SMARTS) is 1. The molecule has 3 heterocycles. The van der Waals surface area contributed by atoms with E-state index in [4.69, 9.17) is 91.8 Å². The van der Waals surface area contributed by atoms with Crippen molar-refractivity contribution in [3.8, 4) is 11.5 Å². The molecule has 464 valence electrons. The third kappa shape index (κ3) is 23.0. The van der Waals surface area contributed by atoms with Gasteiger partial charge in [-0.2, -0.15) is 15.0 Å². The van der Waals surface area contributed by atoms with Crippen molar-refractivity contribution in [2.24, 2.45) is 0 Å². The molecule has 2 atom stereocenters. The number of allylic oxidation sites excluding steroid dienone is 1. The average Bonchev–Trinajstić information content (AvgIpc) is 1.91. The molecule has 7 rings (SSSR count). The van der Waals surface area contributed by atoms with Gasteiger partial charge in [0.25, 0.3) is 5.91 Å². The third-order valence-corrected chi connectivity index (χ3v) is 13.4. The molecule has 22 nitrogen and oxygen atoms in total. The second-order valence-corrected chi connectivity index (χ2v) is 23.9. The highest BCUT2D eigenvalue weighted by Gasteiger charge is 2.40. The maximum atomic E-state index is 14.3. The molecular weight excluding hydrogens is 1220 g/mol. The largest absolute Gasteiger partial charge is 0.489 e. The highest BCUT2D eigenvalue weighted by molar-refractivity contribution is 7.51. The van der Waals surface area contributed by atoms with E-state index >= 15 is 0 Å². The Balaban J connectivity index is 0.000000283. The Labute approximate surface area is 514 Å². The van der Waals surface area contributed by atoms with Crippen LogP contribution in [-0.4, -0.2) is 134 Å². The number of aromatic nitrogens is 3. The van der Waals surface area contributed by atoms with Gasteiger partial charge in [-0.25, -0.2) is 14.1 Å². The molecule has 3 aliphatic rings. The highest BCUT2D eigenvalue weighted by atomic mass is 35.5. The van der Waals surface area contributed by atoms with Crippen LogP contribution in [-0.2, 0) is 39.6 Å². The number of aliphatic carboxylic acids is 1. The maximum Gasteiger partial charge on any atom is 0.427 e. The molecular formula is C55H74Cl5FN9O13P. The van der Waals surface area contributed by atoms with Crippen molar-refractivity contribution in [1.82, 2.24) is 20.3 Å². The van der Waals surface area contributed by atoms with Gasteiger partial charge in [0.05, 0.1) is 59.7 Å². The Morgan fingerprint density at radius 3 is 2.17 bits per heavy atom. The van der Waals surface area contributed by atoms with Crippen molar-refractivity contribution in [1.29, 1.82) is 0 Å². The van der Waals surface area contributed by atoms with Crippen molar-refractivity contribution < 1.29 is 66.8 Å². The van der Waals surface area contributed by atoms with Gasteiger partial charge in [0.1, 0.15) is 29.8 Å². The number of para-hydroxylation sites is 3. The fourth-order valence-corrected chi connectivity index (χ4v) is 9.30. The smallest absolute Gasteiger partial charge is 0.427 e. The molecule has 6 N–H and O–H groups in total. The molecule has 1 saturated heterocycles. The lowest BCUT2D eigenvalue weighted by molar-refractivity contribution is -0.136. The number of hydrogen-bond acceptors (Lipinski definition) is 16. The molecule has 0 spiro atoms. The molecule has 3 aromatic carbocycles. The van der Waals surface area contributed by atoms with Crippen LogP contribution in [0.25, 0.3) is 0 Å². The number of benzene rings is 3. The summed E-state index contributed by atoms with van der Waals surface area (Å²) in [4.78, 5) is 89.6. The Bertz CT molecular complexity index is 2960. The zero-order valence-electron chi connectivity index (χ0n) is 48.6. The van der Waals surface area contributed by atoms with Crippen molar-refractivity contribution in [3.63, 3.8) is 0 Å². The van der Waals surface area contributed by atoms with Crippen LogP contribution in [0.4, 0.5) is 38.1 Å². The van der Waals surface area contributed by atoms with Crippen molar-refractivity contribution in [2.45, 2.75) is 130 Å². The lowest BCUT2D eigenvalue weighted by Crippen LogP contribution is -2.47. The number of methoxy groups -OCH3 is 1. The van der Waals surface area contributed by atoms with Gasteiger partial charge in [-0.05, 0) is 141 Å². The van der Waals surface area contributed by atoms with E-state index in [1.54, 1.807) is 30.8 Å². The van der Waals surface area contributed by atoms with Gasteiger partial charge in [-0.1, -0.05) is 72.1 Å². The molecule has 2 unspecified atom stereocenters. The monoisotopic (exact) mass is 1290 g/mol. The number of fused-ring (bicyclic) bond motifs is 1. The van der Waals surface area contributed by atoms with Gasteiger partial charge < -0.3 is 54.3 Å². The summed E-state index contributed by atoms with van der Waals surface area (Å²) in [5, 5.41) is 16.5. The number of rotatable bonds is 17. The molecule has 29 heteroatoms. The fraction of sp³-hybridized carbons (Fsp3) is 0.491. The number of alkyl halides is 3. The molecule has 84 heavy (non-hydrogen) atoms. The highest BCUT2D eigenvalue weighted by Crippen LogP contribution is 2.39. The fourth-order valence-electron chi connectivity index (χ4n) is 8.20. The van der Waals surface area contributed by atoms with Crippen LogP contribution in [0, 0.1) is 12.7 Å². The molecule has 0 radical (unpaired) electrons. The van der Waals surface area contributed by atoms with Crippen LogP contribution in [0.3, 0.4) is 0 Å². The van der Waals surface area contributed by atoms with E-state index in [-0.39, 0.29) is 68.9 Å². The lowest BCUT2D eigenvalue weighted by atomic mass is 10.0. The first-order valence-corrected chi connectivity index (χ1v) is 30.4. The zero-order chi connectivity index (χ0) is 63.2. The molecule has 4 aromatic rings. The summed E-state index contributed by atoms with van der Waals surface area (Å²) >= 11 is 28.8. The van der Waals surface area contributed by atoms with Crippen LogP contribution in [0.5, 0.6) is 11.5 Å². The molecule has 1 aliphatic carbocycles. The summed E-state index contributed by atoms with van der Waals surface area (Å²) in [6.45, 7) is 20.5. The molecule has 1 saturated carbocycles. The van der Waals surface area contributed by atoms with E-state index < -0.39 is 49.0 Å².